The lowest BCUT2D eigenvalue weighted by Crippen LogP contribution is -2.40. The zero-order chi connectivity index (χ0) is 15.9. The van der Waals surface area contributed by atoms with Crippen molar-refractivity contribution in [1.82, 2.24) is 5.32 Å². The molecular weight excluding hydrogens is 264 g/mol. The van der Waals surface area contributed by atoms with Crippen molar-refractivity contribution in [3.05, 3.63) is 35.4 Å². The highest BCUT2D eigenvalue weighted by atomic mass is 16.5. The predicted molar refractivity (Wildman–Crippen MR) is 85.7 cm³/mol. The van der Waals surface area contributed by atoms with E-state index in [0.29, 0.717) is 26.2 Å². The van der Waals surface area contributed by atoms with Crippen molar-refractivity contribution < 1.29 is 9.53 Å². The van der Waals surface area contributed by atoms with Gasteiger partial charge in [0.2, 0.25) is 5.91 Å². The summed E-state index contributed by atoms with van der Waals surface area (Å²) in [7, 11) is 0. The van der Waals surface area contributed by atoms with E-state index in [-0.39, 0.29) is 17.4 Å². The minimum atomic E-state index is -0.142. The molecule has 1 aromatic carbocycles. The van der Waals surface area contributed by atoms with Crippen LogP contribution < -0.4 is 11.1 Å². The maximum Gasteiger partial charge on any atom is 0.221 e. The number of benzene rings is 1. The first kappa shape index (κ1) is 17.7. The molecule has 1 atom stereocenters. The van der Waals surface area contributed by atoms with E-state index in [0.717, 1.165) is 11.1 Å². The molecule has 0 aliphatic carbocycles. The van der Waals surface area contributed by atoms with E-state index < -0.39 is 0 Å². The molecule has 0 aliphatic rings. The molecule has 1 aromatic rings. The zero-order valence-electron chi connectivity index (χ0n) is 13.6. The first-order valence-corrected chi connectivity index (χ1v) is 7.51. The van der Waals surface area contributed by atoms with E-state index in [1.54, 1.807) is 0 Å². The van der Waals surface area contributed by atoms with Gasteiger partial charge in [-0.25, -0.2) is 0 Å². The van der Waals surface area contributed by atoms with Crippen LogP contribution in [0.2, 0.25) is 0 Å². The molecule has 0 saturated heterocycles. The number of carbonyl (C=O) groups is 1. The number of amides is 1. The molecule has 118 valence electrons. The Labute approximate surface area is 128 Å². The van der Waals surface area contributed by atoms with E-state index in [4.69, 9.17) is 10.5 Å². The number of rotatable bonds is 7. The molecule has 1 unspecified atom stereocenters. The monoisotopic (exact) mass is 292 g/mol. The van der Waals surface area contributed by atoms with Crippen LogP contribution >= 0.6 is 0 Å². The summed E-state index contributed by atoms with van der Waals surface area (Å²) in [5.74, 6) is -0.0105. The first-order chi connectivity index (χ1) is 9.84. The Morgan fingerprint density at radius 1 is 1.29 bits per heavy atom. The fraction of sp³-hybridized carbons (Fsp3) is 0.588. The van der Waals surface area contributed by atoms with Gasteiger partial charge < -0.3 is 15.8 Å². The Balaban J connectivity index is 2.53. The van der Waals surface area contributed by atoms with Crippen LogP contribution in [0.5, 0.6) is 0 Å². The molecule has 3 N–H and O–H groups in total. The molecule has 0 saturated carbocycles. The summed E-state index contributed by atoms with van der Waals surface area (Å²) in [6.45, 7) is 9.87. The third-order valence-electron chi connectivity index (χ3n) is 3.57. The van der Waals surface area contributed by atoms with Crippen molar-refractivity contribution in [2.45, 2.75) is 53.3 Å². The summed E-state index contributed by atoms with van der Waals surface area (Å²) in [4.78, 5) is 12.0. The molecule has 0 bridgehead atoms. The van der Waals surface area contributed by atoms with Gasteiger partial charge in [0, 0.05) is 25.6 Å². The highest BCUT2D eigenvalue weighted by Gasteiger charge is 2.23. The van der Waals surface area contributed by atoms with Crippen molar-refractivity contribution in [2.24, 2.45) is 11.1 Å². The summed E-state index contributed by atoms with van der Waals surface area (Å²) in [5, 5.41) is 2.94. The van der Waals surface area contributed by atoms with Crippen molar-refractivity contribution >= 4 is 5.91 Å². The van der Waals surface area contributed by atoms with Crippen LogP contribution in [-0.4, -0.2) is 18.6 Å². The Morgan fingerprint density at radius 3 is 2.48 bits per heavy atom. The Morgan fingerprint density at radius 2 is 1.90 bits per heavy atom. The van der Waals surface area contributed by atoms with Crippen LogP contribution in [0, 0.1) is 5.41 Å². The lowest BCUT2D eigenvalue weighted by molar-refractivity contribution is -0.122. The Kier molecular flexibility index (Phi) is 6.85. The van der Waals surface area contributed by atoms with Gasteiger partial charge in [-0.1, -0.05) is 45.0 Å². The normalized spacial score (nSPS) is 13.0. The Bertz CT molecular complexity index is 452. The second kappa shape index (κ2) is 8.15. The third-order valence-corrected chi connectivity index (χ3v) is 3.57. The summed E-state index contributed by atoms with van der Waals surface area (Å²) >= 11 is 0. The number of nitrogens with one attached hydrogen (secondary N) is 1. The molecule has 0 fully saturated rings. The summed E-state index contributed by atoms with van der Waals surface area (Å²) in [6, 6.07) is 7.85. The van der Waals surface area contributed by atoms with Crippen LogP contribution in [-0.2, 0) is 22.7 Å². The summed E-state index contributed by atoms with van der Waals surface area (Å²) in [6.07, 6.45) is 0.344. The van der Waals surface area contributed by atoms with Crippen LogP contribution in [0.15, 0.2) is 24.3 Å². The second-order valence-electron chi connectivity index (χ2n) is 6.36. The largest absolute Gasteiger partial charge is 0.377 e. The van der Waals surface area contributed by atoms with Crippen molar-refractivity contribution in [1.29, 1.82) is 0 Å². The minimum Gasteiger partial charge on any atom is -0.377 e. The van der Waals surface area contributed by atoms with Crippen LogP contribution in [0.25, 0.3) is 0 Å². The molecule has 4 heteroatoms. The smallest absolute Gasteiger partial charge is 0.221 e. The van der Waals surface area contributed by atoms with Gasteiger partial charge in [0.05, 0.1) is 6.61 Å². The number of ether oxygens (including phenoxy) is 1. The van der Waals surface area contributed by atoms with E-state index >= 15 is 0 Å². The molecule has 1 rings (SSSR count). The van der Waals surface area contributed by atoms with Gasteiger partial charge in [-0.2, -0.15) is 0 Å². The molecular formula is C17H28N2O2. The maximum absolute atomic E-state index is 12.0. The molecule has 0 radical (unpaired) electrons. The highest BCUT2D eigenvalue weighted by molar-refractivity contribution is 5.76. The molecule has 0 spiro atoms. The molecule has 4 nitrogen and oxygen atoms in total. The quantitative estimate of drug-likeness (QED) is 0.812. The Hall–Kier alpha value is -1.39. The lowest BCUT2D eigenvalue weighted by atomic mass is 9.85. The summed E-state index contributed by atoms with van der Waals surface area (Å²) < 4.78 is 5.44. The topological polar surface area (TPSA) is 64.3 Å². The fourth-order valence-corrected chi connectivity index (χ4v) is 1.85. The number of hydrogen-bond donors (Lipinski definition) is 2. The minimum absolute atomic E-state index is 0.0105. The molecule has 1 amide bonds. The van der Waals surface area contributed by atoms with Gasteiger partial charge in [-0.05, 0) is 23.5 Å². The van der Waals surface area contributed by atoms with Gasteiger partial charge in [0.1, 0.15) is 0 Å². The van der Waals surface area contributed by atoms with Crippen molar-refractivity contribution in [3.63, 3.8) is 0 Å². The predicted octanol–water partition coefficient (Wildman–Crippen LogP) is 2.60. The van der Waals surface area contributed by atoms with Gasteiger partial charge in [0.25, 0.3) is 0 Å². The number of nitrogens with two attached hydrogens (primary N) is 1. The average molecular weight is 292 g/mol. The van der Waals surface area contributed by atoms with Gasteiger partial charge in [0.15, 0.2) is 0 Å². The highest BCUT2D eigenvalue weighted by Crippen LogP contribution is 2.19. The standard InChI is InChI=1S/C17H28N2O2/c1-5-21-12-14-9-7-6-8-13(14)11-19-16(20)10-15(18)17(2,3)4/h6-9,15H,5,10-12,18H2,1-4H3,(H,19,20). The van der Waals surface area contributed by atoms with Crippen molar-refractivity contribution in [2.75, 3.05) is 6.61 Å². The van der Waals surface area contributed by atoms with E-state index in [1.165, 1.54) is 0 Å². The lowest BCUT2D eigenvalue weighted by Gasteiger charge is -2.26. The molecule has 0 aromatic heterocycles. The van der Waals surface area contributed by atoms with Gasteiger partial charge in [-0.3, -0.25) is 4.79 Å². The van der Waals surface area contributed by atoms with Crippen LogP contribution in [0.1, 0.15) is 45.2 Å². The SMILES string of the molecule is CCOCc1ccccc1CNC(=O)CC(N)C(C)(C)C. The molecule has 21 heavy (non-hydrogen) atoms. The van der Waals surface area contributed by atoms with E-state index in [2.05, 4.69) is 5.32 Å². The first-order valence-electron chi connectivity index (χ1n) is 7.51. The summed E-state index contributed by atoms with van der Waals surface area (Å²) in [5.41, 5.74) is 8.17. The maximum atomic E-state index is 12.0. The van der Waals surface area contributed by atoms with Gasteiger partial charge >= 0.3 is 0 Å². The fourth-order valence-electron chi connectivity index (χ4n) is 1.85. The third kappa shape index (κ3) is 6.27. The molecule has 0 heterocycles. The van der Waals surface area contributed by atoms with Gasteiger partial charge in [-0.15, -0.1) is 0 Å². The second-order valence-corrected chi connectivity index (χ2v) is 6.36. The zero-order valence-corrected chi connectivity index (χ0v) is 13.6. The van der Waals surface area contributed by atoms with Crippen LogP contribution in [0.3, 0.4) is 0 Å². The molecule has 0 aliphatic heterocycles. The van der Waals surface area contributed by atoms with E-state index in [9.17, 15) is 4.79 Å². The number of carbonyl (C=O) groups excluding carboxylic acids is 1. The van der Waals surface area contributed by atoms with E-state index in [1.807, 2.05) is 52.0 Å². The average Bonchev–Trinajstić information content (AvgIpc) is 2.42. The van der Waals surface area contributed by atoms with Crippen LogP contribution in [0.4, 0.5) is 0 Å². The number of hydrogen-bond acceptors (Lipinski definition) is 3. The van der Waals surface area contributed by atoms with Crippen molar-refractivity contribution in [3.8, 4) is 0 Å².